The lowest BCUT2D eigenvalue weighted by Crippen LogP contribution is -2.51. The van der Waals surface area contributed by atoms with Crippen LogP contribution in [0.25, 0.3) is 0 Å². The van der Waals surface area contributed by atoms with Crippen molar-refractivity contribution < 1.29 is 13.2 Å². The average molecular weight is 304 g/mol. The van der Waals surface area contributed by atoms with Crippen LogP contribution in [0.2, 0.25) is 0 Å². The van der Waals surface area contributed by atoms with Crippen molar-refractivity contribution in [2.45, 2.75) is 25.3 Å². The molecule has 0 radical (unpaired) electrons. The van der Waals surface area contributed by atoms with Crippen LogP contribution >= 0.6 is 11.3 Å². The standard InChI is InChI=1S/C12H20N2O3S2/c1-10-8-18-11(14-10)12(13-5-6-17-2)4-3-7-19(15,16)9-12/h8,13H,3-7,9H2,1-2H3. The van der Waals surface area contributed by atoms with Crippen molar-refractivity contribution in [2.75, 3.05) is 31.8 Å². The highest BCUT2D eigenvalue weighted by Crippen LogP contribution is 2.34. The van der Waals surface area contributed by atoms with Crippen LogP contribution in [0.1, 0.15) is 23.5 Å². The zero-order chi connectivity index (χ0) is 13.9. The Morgan fingerprint density at radius 3 is 2.95 bits per heavy atom. The summed E-state index contributed by atoms with van der Waals surface area (Å²) in [6, 6.07) is 0. The van der Waals surface area contributed by atoms with Gasteiger partial charge in [-0.25, -0.2) is 13.4 Å². The minimum Gasteiger partial charge on any atom is -0.383 e. The Labute approximate surface area is 118 Å². The third-order valence-corrected chi connectivity index (χ3v) is 6.33. The molecule has 0 bridgehead atoms. The molecule has 1 saturated heterocycles. The quantitative estimate of drug-likeness (QED) is 0.825. The lowest BCUT2D eigenvalue weighted by Gasteiger charge is -2.36. The van der Waals surface area contributed by atoms with Crippen LogP contribution in [-0.2, 0) is 20.1 Å². The highest BCUT2D eigenvalue weighted by Gasteiger charge is 2.42. The van der Waals surface area contributed by atoms with E-state index in [0.717, 1.165) is 17.1 Å². The van der Waals surface area contributed by atoms with E-state index < -0.39 is 15.4 Å². The first-order chi connectivity index (χ1) is 8.97. The van der Waals surface area contributed by atoms with Crippen molar-refractivity contribution in [3.05, 3.63) is 16.1 Å². The van der Waals surface area contributed by atoms with Gasteiger partial charge < -0.3 is 10.1 Å². The molecule has 0 amide bonds. The number of hydrogen-bond acceptors (Lipinski definition) is 6. The molecule has 108 valence electrons. The van der Waals surface area contributed by atoms with E-state index in [1.165, 1.54) is 11.3 Å². The van der Waals surface area contributed by atoms with Gasteiger partial charge in [0, 0.05) is 24.7 Å². The minimum atomic E-state index is -3.00. The Morgan fingerprint density at radius 2 is 2.37 bits per heavy atom. The van der Waals surface area contributed by atoms with E-state index >= 15 is 0 Å². The van der Waals surface area contributed by atoms with Gasteiger partial charge >= 0.3 is 0 Å². The van der Waals surface area contributed by atoms with Gasteiger partial charge in [0.15, 0.2) is 9.84 Å². The highest BCUT2D eigenvalue weighted by molar-refractivity contribution is 7.91. The highest BCUT2D eigenvalue weighted by atomic mass is 32.2. The molecule has 0 aliphatic carbocycles. The summed E-state index contributed by atoms with van der Waals surface area (Å²) in [7, 11) is -1.36. The maximum Gasteiger partial charge on any atom is 0.152 e. The average Bonchev–Trinajstić information content (AvgIpc) is 2.75. The van der Waals surface area contributed by atoms with Crippen LogP contribution in [0.3, 0.4) is 0 Å². The van der Waals surface area contributed by atoms with Crippen molar-refractivity contribution in [1.82, 2.24) is 10.3 Å². The Kier molecular flexibility index (Phi) is 4.60. The molecule has 1 aromatic rings. The predicted octanol–water partition coefficient (Wildman–Crippen LogP) is 1.09. The number of hydrogen-bond donors (Lipinski definition) is 1. The minimum absolute atomic E-state index is 0.136. The van der Waals surface area contributed by atoms with Gasteiger partial charge in [-0.3, -0.25) is 0 Å². The molecule has 0 aromatic carbocycles. The van der Waals surface area contributed by atoms with Crippen LogP contribution in [0, 0.1) is 6.92 Å². The molecule has 2 rings (SSSR count). The molecule has 1 atom stereocenters. The summed E-state index contributed by atoms with van der Waals surface area (Å²) in [5, 5.41) is 6.21. The number of nitrogens with one attached hydrogen (secondary N) is 1. The first-order valence-electron chi connectivity index (χ1n) is 6.34. The Hall–Kier alpha value is -0.500. The molecule has 0 spiro atoms. The number of aromatic nitrogens is 1. The molecule has 1 unspecified atom stereocenters. The van der Waals surface area contributed by atoms with Gasteiger partial charge in [-0.2, -0.15) is 0 Å². The number of methoxy groups -OCH3 is 1. The van der Waals surface area contributed by atoms with E-state index in [1.54, 1.807) is 7.11 Å². The van der Waals surface area contributed by atoms with E-state index in [-0.39, 0.29) is 11.5 Å². The summed E-state index contributed by atoms with van der Waals surface area (Å²) in [6.45, 7) is 3.12. The molecule has 1 aromatic heterocycles. The van der Waals surface area contributed by atoms with E-state index in [1.807, 2.05) is 12.3 Å². The summed E-state index contributed by atoms with van der Waals surface area (Å²) in [5.41, 5.74) is 0.407. The topological polar surface area (TPSA) is 68.3 Å². The smallest absolute Gasteiger partial charge is 0.152 e. The van der Waals surface area contributed by atoms with Crippen LogP contribution in [0.4, 0.5) is 0 Å². The third-order valence-electron chi connectivity index (χ3n) is 3.32. The number of thiazole rings is 1. The van der Waals surface area contributed by atoms with E-state index in [0.29, 0.717) is 19.6 Å². The summed E-state index contributed by atoms with van der Waals surface area (Å²) >= 11 is 1.53. The van der Waals surface area contributed by atoms with Gasteiger partial charge in [0.25, 0.3) is 0 Å². The SMILES string of the molecule is COCCNC1(c2nc(C)cs2)CCCS(=O)(=O)C1. The fourth-order valence-corrected chi connectivity index (χ4v) is 5.42. The van der Waals surface area contributed by atoms with Crippen molar-refractivity contribution in [1.29, 1.82) is 0 Å². The van der Waals surface area contributed by atoms with Crippen molar-refractivity contribution in [2.24, 2.45) is 0 Å². The Morgan fingerprint density at radius 1 is 1.58 bits per heavy atom. The van der Waals surface area contributed by atoms with E-state index in [9.17, 15) is 8.42 Å². The molecule has 1 N–H and O–H groups in total. The van der Waals surface area contributed by atoms with Gasteiger partial charge in [-0.05, 0) is 19.8 Å². The van der Waals surface area contributed by atoms with Gasteiger partial charge in [0.05, 0.1) is 23.7 Å². The normalized spacial score (nSPS) is 26.4. The fourth-order valence-electron chi connectivity index (χ4n) is 2.46. The van der Waals surface area contributed by atoms with Crippen LogP contribution in [0.15, 0.2) is 5.38 Å². The Bertz CT molecular complexity index is 527. The second-order valence-corrected chi connectivity index (χ2v) is 8.03. The summed E-state index contributed by atoms with van der Waals surface area (Å²) in [4.78, 5) is 4.50. The van der Waals surface area contributed by atoms with Gasteiger partial charge in [-0.1, -0.05) is 0 Å². The van der Waals surface area contributed by atoms with E-state index in [2.05, 4.69) is 10.3 Å². The molecular weight excluding hydrogens is 284 g/mol. The molecule has 2 heterocycles. The number of sulfone groups is 1. The molecule has 1 aliphatic heterocycles. The number of nitrogens with zero attached hydrogens (tertiary/aromatic N) is 1. The van der Waals surface area contributed by atoms with Gasteiger partial charge in [0.2, 0.25) is 0 Å². The zero-order valence-electron chi connectivity index (χ0n) is 11.3. The third kappa shape index (κ3) is 3.53. The summed E-state index contributed by atoms with van der Waals surface area (Å²) in [6.07, 6.45) is 1.49. The maximum absolute atomic E-state index is 12.0. The number of aryl methyl sites for hydroxylation is 1. The Balaban J connectivity index is 2.27. The first kappa shape index (κ1) is 14.9. The second-order valence-electron chi connectivity index (χ2n) is 4.99. The first-order valence-corrected chi connectivity index (χ1v) is 9.05. The van der Waals surface area contributed by atoms with E-state index in [4.69, 9.17) is 4.74 Å². The van der Waals surface area contributed by atoms with Crippen LogP contribution in [0.5, 0.6) is 0 Å². The molecule has 7 heteroatoms. The lowest BCUT2D eigenvalue weighted by atomic mass is 9.96. The second kappa shape index (κ2) is 5.87. The maximum atomic E-state index is 12.0. The molecule has 1 aliphatic rings. The van der Waals surface area contributed by atoms with Crippen LogP contribution in [-0.4, -0.2) is 45.2 Å². The fraction of sp³-hybridized carbons (Fsp3) is 0.750. The molecule has 1 fully saturated rings. The van der Waals surface area contributed by atoms with Crippen molar-refractivity contribution in [3.8, 4) is 0 Å². The summed E-state index contributed by atoms with van der Waals surface area (Å²) in [5.74, 6) is 0.418. The van der Waals surface area contributed by atoms with Gasteiger partial charge in [0.1, 0.15) is 5.01 Å². The van der Waals surface area contributed by atoms with Crippen molar-refractivity contribution >= 4 is 21.2 Å². The number of ether oxygens (including phenoxy) is 1. The monoisotopic (exact) mass is 304 g/mol. The lowest BCUT2D eigenvalue weighted by molar-refractivity contribution is 0.183. The zero-order valence-corrected chi connectivity index (χ0v) is 12.9. The molecular formula is C12H20N2O3S2. The largest absolute Gasteiger partial charge is 0.383 e. The van der Waals surface area contributed by atoms with Crippen LogP contribution < -0.4 is 5.32 Å². The number of rotatable bonds is 5. The summed E-state index contributed by atoms with van der Waals surface area (Å²) < 4.78 is 29.0. The van der Waals surface area contributed by atoms with Gasteiger partial charge in [-0.15, -0.1) is 11.3 Å². The predicted molar refractivity (Wildman–Crippen MR) is 76.3 cm³/mol. The molecule has 5 nitrogen and oxygen atoms in total. The molecule has 0 saturated carbocycles. The molecule has 19 heavy (non-hydrogen) atoms. The van der Waals surface area contributed by atoms with Crippen molar-refractivity contribution in [3.63, 3.8) is 0 Å².